The molecule has 7 heteroatoms. The molecule has 1 fully saturated rings. The second-order valence-corrected chi connectivity index (χ2v) is 8.30. The predicted octanol–water partition coefficient (Wildman–Crippen LogP) is 4.34. The summed E-state index contributed by atoms with van der Waals surface area (Å²) in [5.41, 5.74) is 3.38. The lowest BCUT2D eigenvalue weighted by Crippen LogP contribution is -2.48. The van der Waals surface area contributed by atoms with Crippen LogP contribution in [-0.4, -0.2) is 21.9 Å². The van der Waals surface area contributed by atoms with Gasteiger partial charge in [-0.15, -0.1) is 11.3 Å². The van der Waals surface area contributed by atoms with Crippen molar-refractivity contribution in [3.05, 3.63) is 62.3 Å². The predicted molar refractivity (Wildman–Crippen MR) is 102 cm³/mol. The van der Waals surface area contributed by atoms with E-state index >= 15 is 0 Å². The lowest BCUT2D eigenvalue weighted by Gasteiger charge is -2.33. The zero-order valence-electron chi connectivity index (χ0n) is 15.1. The lowest BCUT2D eigenvalue weighted by atomic mass is 9.90. The molecule has 1 aromatic heterocycles. The minimum atomic E-state index is -0.462. The van der Waals surface area contributed by atoms with Crippen molar-refractivity contribution in [1.29, 1.82) is 0 Å². The summed E-state index contributed by atoms with van der Waals surface area (Å²) in [6.45, 7) is 6.42. The Bertz CT molecular complexity index is 789. The highest BCUT2D eigenvalue weighted by Gasteiger charge is 2.46. The Hall–Kier alpha value is -2.25. The maximum absolute atomic E-state index is 13.2. The van der Waals surface area contributed by atoms with Crippen LogP contribution in [0, 0.1) is 16.0 Å². The van der Waals surface area contributed by atoms with Crippen molar-refractivity contribution >= 4 is 22.9 Å². The molecule has 0 unspecified atom stereocenters. The third-order valence-corrected chi connectivity index (χ3v) is 5.91. The number of non-ortho nitro benzene ring substituents is 1. The molecule has 138 valence electrons. The van der Waals surface area contributed by atoms with Gasteiger partial charge in [0.05, 0.1) is 10.5 Å². The van der Waals surface area contributed by atoms with E-state index in [-0.39, 0.29) is 17.6 Å². The van der Waals surface area contributed by atoms with Crippen molar-refractivity contribution in [1.82, 2.24) is 10.4 Å². The van der Waals surface area contributed by atoms with E-state index in [4.69, 9.17) is 0 Å². The SMILES string of the molecule is CC(C)C[C@@H]1C[C@](C)(c2cccs2)N(C(=O)c2ccc([N+](=O)[O-])cc2)N1. The second-order valence-electron chi connectivity index (χ2n) is 7.36. The maximum atomic E-state index is 13.2. The van der Waals surface area contributed by atoms with Crippen LogP contribution < -0.4 is 5.43 Å². The molecule has 1 N–H and O–H groups in total. The zero-order valence-corrected chi connectivity index (χ0v) is 16.0. The summed E-state index contributed by atoms with van der Waals surface area (Å²) < 4.78 is 0. The van der Waals surface area contributed by atoms with Crippen LogP contribution in [0.4, 0.5) is 5.69 Å². The Morgan fingerprint density at radius 2 is 2.08 bits per heavy atom. The van der Waals surface area contributed by atoms with Gasteiger partial charge in [-0.25, -0.2) is 5.43 Å². The third kappa shape index (κ3) is 3.50. The molecule has 1 aromatic carbocycles. The molecule has 0 spiro atoms. The fourth-order valence-corrected chi connectivity index (χ4v) is 4.47. The molecule has 2 heterocycles. The summed E-state index contributed by atoms with van der Waals surface area (Å²) in [5.74, 6) is 0.358. The van der Waals surface area contributed by atoms with Crippen molar-refractivity contribution < 1.29 is 9.72 Å². The number of amides is 1. The Morgan fingerprint density at radius 3 is 2.62 bits per heavy atom. The van der Waals surface area contributed by atoms with E-state index < -0.39 is 10.5 Å². The minimum absolute atomic E-state index is 0.0189. The molecular formula is C19H23N3O3S. The summed E-state index contributed by atoms with van der Waals surface area (Å²) in [6, 6.07) is 10.0. The monoisotopic (exact) mass is 373 g/mol. The van der Waals surface area contributed by atoms with Crippen molar-refractivity contribution in [2.75, 3.05) is 0 Å². The van der Waals surface area contributed by atoms with Crippen LogP contribution >= 0.6 is 11.3 Å². The number of nitrogens with one attached hydrogen (secondary N) is 1. The summed E-state index contributed by atoms with van der Waals surface area (Å²) in [4.78, 5) is 24.7. The van der Waals surface area contributed by atoms with Crippen LogP contribution in [0.3, 0.4) is 0 Å². The van der Waals surface area contributed by atoms with Crippen LogP contribution in [0.15, 0.2) is 41.8 Å². The third-order valence-electron chi connectivity index (χ3n) is 4.79. The molecule has 1 aliphatic heterocycles. The van der Waals surface area contributed by atoms with Gasteiger partial charge in [-0.2, -0.15) is 0 Å². The number of nitrogens with zero attached hydrogens (tertiary/aromatic N) is 2. The largest absolute Gasteiger partial charge is 0.269 e. The van der Waals surface area contributed by atoms with Crippen LogP contribution in [0.5, 0.6) is 0 Å². The van der Waals surface area contributed by atoms with Gasteiger partial charge >= 0.3 is 0 Å². The Balaban J connectivity index is 1.91. The molecule has 0 bridgehead atoms. The van der Waals surface area contributed by atoms with Gasteiger partial charge in [-0.05, 0) is 49.3 Å². The molecule has 6 nitrogen and oxygen atoms in total. The normalized spacial score (nSPS) is 22.8. The number of carbonyl (C=O) groups is 1. The number of nitro groups is 1. The number of nitro benzene ring substituents is 1. The van der Waals surface area contributed by atoms with Crippen LogP contribution in [0.2, 0.25) is 0 Å². The average molecular weight is 373 g/mol. The van der Waals surface area contributed by atoms with E-state index in [9.17, 15) is 14.9 Å². The fourth-order valence-electron chi connectivity index (χ4n) is 3.58. The van der Waals surface area contributed by atoms with E-state index in [1.54, 1.807) is 16.3 Å². The van der Waals surface area contributed by atoms with Gasteiger partial charge in [0.1, 0.15) is 0 Å². The lowest BCUT2D eigenvalue weighted by molar-refractivity contribution is -0.384. The number of rotatable bonds is 5. The smallest absolute Gasteiger partial charge is 0.268 e. The summed E-state index contributed by atoms with van der Waals surface area (Å²) in [5, 5.41) is 14.6. The van der Waals surface area contributed by atoms with Crippen molar-refractivity contribution in [2.24, 2.45) is 5.92 Å². The number of hydrogen-bond acceptors (Lipinski definition) is 5. The Kier molecular flexibility index (Phi) is 5.11. The van der Waals surface area contributed by atoms with Crippen LogP contribution in [0.25, 0.3) is 0 Å². The van der Waals surface area contributed by atoms with E-state index in [0.717, 1.165) is 17.7 Å². The van der Waals surface area contributed by atoms with E-state index in [1.807, 2.05) is 11.4 Å². The summed E-state index contributed by atoms with van der Waals surface area (Å²) in [7, 11) is 0. The first-order chi connectivity index (χ1) is 12.3. The van der Waals surface area contributed by atoms with E-state index in [1.165, 1.54) is 24.3 Å². The number of benzene rings is 1. The van der Waals surface area contributed by atoms with Crippen molar-refractivity contribution in [3.63, 3.8) is 0 Å². The quantitative estimate of drug-likeness (QED) is 0.625. The highest BCUT2D eigenvalue weighted by atomic mass is 32.1. The van der Waals surface area contributed by atoms with Gasteiger partial charge < -0.3 is 0 Å². The highest BCUT2D eigenvalue weighted by Crippen LogP contribution is 2.41. The van der Waals surface area contributed by atoms with E-state index in [0.29, 0.717) is 11.5 Å². The van der Waals surface area contributed by atoms with Gasteiger partial charge in [0.15, 0.2) is 0 Å². The van der Waals surface area contributed by atoms with Gasteiger partial charge in [-0.1, -0.05) is 19.9 Å². The molecule has 0 saturated carbocycles. The summed E-state index contributed by atoms with van der Waals surface area (Å²) in [6.07, 6.45) is 1.81. The molecule has 26 heavy (non-hydrogen) atoms. The van der Waals surface area contributed by atoms with Gasteiger partial charge in [0.25, 0.3) is 11.6 Å². The molecule has 0 aliphatic carbocycles. The minimum Gasteiger partial charge on any atom is -0.268 e. The number of hydrogen-bond donors (Lipinski definition) is 1. The number of carbonyl (C=O) groups excluding carboxylic acids is 1. The topological polar surface area (TPSA) is 75.5 Å². The Morgan fingerprint density at radius 1 is 1.38 bits per heavy atom. The van der Waals surface area contributed by atoms with Crippen LogP contribution in [0.1, 0.15) is 48.8 Å². The van der Waals surface area contributed by atoms with Crippen LogP contribution in [-0.2, 0) is 5.54 Å². The first-order valence-corrected chi connectivity index (χ1v) is 9.58. The molecule has 3 rings (SSSR count). The first-order valence-electron chi connectivity index (χ1n) is 8.70. The maximum Gasteiger partial charge on any atom is 0.269 e. The standard InChI is InChI=1S/C19H23N3O3S/c1-13(2)11-15-12-19(3,17-5-4-10-26-17)21(20-15)18(23)14-6-8-16(9-7-14)22(24)25/h4-10,13,15,20H,11-12H2,1-3H3/t15-,19-/m1/s1. The van der Waals surface area contributed by atoms with Gasteiger partial charge in [0, 0.05) is 28.6 Å². The molecule has 0 radical (unpaired) electrons. The van der Waals surface area contributed by atoms with Crippen molar-refractivity contribution in [3.8, 4) is 0 Å². The van der Waals surface area contributed by atoms with Crippen molar-refractivity contribution in [2.45, 2.75) is 45.2 Å². The molecule has 1 saturated heterocycles. The van der Waals surface area contributed by atoms with E-state index in [2.05, 4.69) is 32.3 Å². The van der Waals surface area contributed by atoms with Gasteiger partial charge in [0.2, 0.25) is 0 Å². The zero-order chi connectivity index (χ0) is 18.9. The molecule has 1 amide bonds. The first kappa shape index (κ1) is 18.5. The molecule has 2 atom stereocenters. The summed E-state index contributed by atoms with van der Waals surface area (Å²) >= 11 is 1.64. The fraction of sp³-hybridized carbons (Fsp3) is 0.421. The van der Waals surface area contributed by atoms with Gasteiger partial charge in [-0.3, -0.25) is 19.9 Å². The highest BCUT2D eigenvalue weighted by molar-refractivity contribution is 7.10. The molecular weight excluding hydrogens is 350 g/mol. The molecule has 2 aromatic rings. The number of thiophene rings is 1. The molecule has 1 aliphatic rings. The second kappa shape index (κ2) is 7.17. The Labute approximate surface area is 157 Å². The number of hydrazine groups is 1. The average Bonchev–Trinajstić information content (AvgIpc) is 3.23.